The Kier molecular flexibility index (Phi) is 11.9. The molecule has 2 aromatic heterocycles. The molecule has 4 heterocycles. The van der Waals surface area contributed by atoms with Gasteiger partial charge in [-0.05, 0) is 111 Å². The smallest absolute Gasteiger partial charge is 0.350 e. The molecule has 4 aliphatic rings. The number of ether oxygens (including phenoxy) is 3. The standard InChI is InChI=1S/C47H60N8O4/c1-3-35(2)55-46(56)54(34-50-55)41-17-15-39(16-18-41)51-24-26-52(27-25-51)40-19-21-42(22-20-40)57-29-43-30-58-47(59-43,31-53-33-48-32-49-53)45-23-14-38(36-10-6-4-7-11-36)28-44(45)37-12-8-5-9-13-37/h14-23,28,32-37,43H,3-13,24-27,29-31H2,1-2H3/t35?,43-,47-/m0/s1. The number of hydrogen-bond donors (Lipinski definition) is 0. The lowest BCUT2D eigenvalue weighted by molar-refractivity contribution is -0.191. The second-order valence-electron chi connectivity index (χ2n) is 17.2. The van der Waals surface area contributed by atoms with Crippen LogP contribution in [0.5, 0.6) is 5.75 Å². The fourth-order valence-electron chi connectivity index (χ4n) is 9.81. The van der Waals surface area contributed by atoms with Gasteiger partial charge in [0.25, 0.3) is 0 Å². The van der Waals surface area contributed by atoms with Gasteiger partial charge in [0.1, 0.15) is 44.0 Å². The van der Waals surface area contributed by atoms with Crippen LogP contribution in [0.4, 0.5) is 11.4 Å². The van der Waals surface area contributed by atoms with Gasteiger partial charge in [0.05, 0.1) is 18.3 Å². The van der Waals surface area contributed by atoms with E-state index in [2.05, 4.69) is 86.5 Å². The van der Waals surface area contributed by atoms with Crippen molar-refractivity contribution < 1.29 is 14.2 Å². The molecule has 312 valence electrons. The first-order chi connectivity index (χ1) is 29.0. The Hall–Kier alpha value is -4.94. The molecule has 1 unspecified atom stereocenters. The van der Waals surface area contributed by atoms with E-state index in [0.29, 0.717) is 31.6 Å². The number of hydrogen-bond acceptors (Lipinski definition) is 9. The van der Waals surface area contributed by atoms with Gasteiger partial charge >= 0.3 is 5.69 Å². The summed E-state index contributed by atoms with van der Waals surface area (Å²) in [4.78, 5) is 22.0. The van der Waals surface area contributed by atoms with Crippen molar-refractivity contribution in [3.63, 3.8) is 0 Å². The zero-order valence-corrected chi connectivity index (χ0v) is 34.8. The molecule has 0 N–H and O–H groups in total. The second kappa shape index (κ2) is 17.7. The molecule has 0 radical (unpaired) electrons. The first-order valence-corrected chi connectivity index (χ1v) is 22.2. The molecular weight excluding hydrogens is 741 g/mol. The first kappa shape index (κ1) is 39.5. The molecule has 59 heavy (non-hydrogen) atoms. The summed E-state index contributed by atoms with van der Waals surface area (Å²) in [6, 6.07) is 23.9. The van der Waals surface area contributed by atoms with Crippen molar-refractivity contribution in [1.29, 1.82) is 0 Å². The van der Waals surface area contributed by atoms with Crippen molar-refractivity contribution in [2.24, 2.45) is 0 Å². The number of anilines is 2. The summed E-state index contributed by atoms with van der Waals surface area (Å²) in [5.41, 5.74) is 7.10. The van der Waals surface area contributed by atoms with Gasteiger partial charge in [0.15, 0.2) is 0 Å². The molecule has 5 aromatic rings. The third-order valence-electron chi connectivity index (χ3n) is 13.4. The molecule has 4 fully saturated rings. The van der Waals surface area contributed by atoms with E-state index < -0.39 is 5.79 Å². The van der Waals surface area contributed by atoms with Crippen LogP contribution in [0.1, 0.15) is 119 Å². The fourth-order valence-corrected chi connectivity index (χ4v) is 9.81. The van der Waals surface area contributed by atoms with Crippen LogP contribution in [0.15, 0.2) is 90.5 Å². The third-order valence-corrected chi connectivity index (χ3v) is 13.4. The zero-order chi connectivity index (χ0) is 40.2. The molecule has 0 amide bonds. The van der Waals surface area contributed by atoms with Gasteiger partial charge in [-0.15, -0.1) is 0 Å². The van der Waals surface area contributed by atoms with E-state index in [1.54, 1.807) is 28.2 Å². The molecule has 2 aliphatic heterocycles. The summed E-state index contributed by atoms with van der Waals surface area (Å²) < 4.78 is 25.2. The number of benzene rings is 3. The monoisotopic (exact) mass is 800 g/mol. The van der Waals surface area contributed by atoms with E-state index in [4.69, 9.17) is 14.2 Å². The highest BCUT2D eigenvalue weighted by molar-refractivity contribution is 5.55. The van der Waals surface area contributed by atoms with E-state index >= 15 is 0 Å². The number of rotatable bonds is 13. The van der Waals surface area contributed by atoms with E-state index in [1.807, 2.05) is 23.7 Å². The number of aromatic nitrogens is 6. The molecule has 0 bridgehead atoms. The molecule has 12 heteroatoms. The van der Waals surface area contributed by atoms with Crippen LogP contribution in [-0.4, -0.2) is 74.6 Å². The summed E-state index contributed by atoms with van der Waals surface area (Å²) in [7, 11) is 0. The molecular formula is C47H60N8O4. The van der Waals surface area contributed by atoms with E-state index in [9.17, 15) is 4.79 Å². The Morgan fingerprint density at radius 1 is 0.780 bits per heavy atom. The Bertz CT molecular complexity index is 2160. The molecule has 0 spiro atoms. The van der Waals surface area contributed by atoms with Crippen LogP contribution in [0.2, 0.25) is 0 Å². The van der Waals surface area contributed by atoms with Gasteiger partial charge in [-0.2, -0.15) is 10.2 Å². The van der Waals surface area contributed by atoms with Crippen molar-refractivity contribution in [3.8, 4) is 11.4 Å². The Morgan fingerprint density at radius 3 is 2.07 bits per heavy atom. The molecule has 12 nitrogen and oxygen atoms in total. The van der Waals surface area contributed by atoms with E-state index in [-0.39, 0.29) is 17.8 Å². The van der Waals surface area contributed by atoms with Gasteiger partial charge in [-0.1, -0.05) is 63.6 Å². The van der Waals surface area contributed by atoms with Gasteiger partial charge < -0.3 is 24.0 Å². The average molecular weight is 801 g/mol. The maximum Gasteiger partial charge on any atom is 0.350 e. The minimum atomic E-state index is -0.968. The van der Waals surface area contributed by atoms with E-state index in [1.165, 1.54) is 81.0 Å². The van der Waals surface area contributed by atoms with Crippen molar-refractivity contribution in [3.05, 3.63) is 113 Å². The third kappa shape index (κ3) is 8.57. The molecule has 2 aliphatic carbocycles. The van der Waals surface area contributed by atoms with Gasteiger partial charge in [-0.3, -0.25) is 0 Å². The highest BCUT2D eigenvalue weighted by atomic mass is 16.8. The molecule has 9 rings (SSSR count). The molecule has 3 atom stereocenters. The first-order valence-electron chi connectivity index (χ1n) is 22.2. The van der Waals surface area contributed by atoms with Gasteiger partial charge in [0, 0.05) is 43.1 Å². The van der Waals surface area contributed by atoms with Crippen LogP contribution in [0.3, 0.4) is 0 Å². The summed E-state index contributed by atoms with van der Waals surface area (Å²) in [6.07, 6.45) is 18.4. The Labute approximate surface area is 348 Å². The van der Waals surface area contributed by atoms with Crippen LogP contribution >= 0.6 is 0 Å². The minimum Gasteiger partial charge on any atom is -0.491 e. The van der Waals surface area contributed by atoms with Crippen LogP contribution < -0.4 is 20.2 Å². The lowest BCUT2D eigenvalue weighted by Crippen LogP contribution is -2.46. The zero-order valence-electron chi connectivity index (χ0n) is 34.8. The number of nitrogens with zero attached hydrogens (tertiary/aromatic N) is 8. The predicted molar refractivity (Wildman–Crippen MR) is 230 cm³/mol. The predicted octanol–water partition coefficient (Wildman–Crippen LogP) is 8.37. The van der Waals surface area contributed by atoms with Crippen molar-refractivity contribution in [1.82, 2.24) is 29.1 Å². The van der Waals surface area contributed by atoms with Crippen molar-refractivity contribution >= 4 is 11.4 Å². The highest BCUT2D eigenvalue weighted by Crippen LogP contribution is 2.45. The topological polar surface area (TPSA) is 105 Å². The summed E-state index contributed by atoms with van der Waals surface area (Å²) >= 11 is 0. The lowest BCUT2D eigenvalue weighted by atomic mass is 9.77. The average Bonchev–Trinajstić information content (AvgIpc) is 4.07. The Morgan fingerprint density at radius 2 is 1.42 bits per heavy atom. The minimum absolute atomic E-state index is 0.0711. The normalized spacial score (nSPS) is 22.5. The highest BCUT2D eigenvalue weighted by Gasteiger charge is 2.46. The SMILES string of the molecule is CCC(C)n1ncn(-c2ccc(N3CCN(c4ccc(OC[C@H]5CO[C@](Cn6cncn6)(c6ccc(C7CCCCC7)cc6C6CCCCC6)O5)cc4)CC3)cc2)c1=O. The molecule has 2 saturated carbocycles. The summed E-state index contributed by atoms with van der Waals surface area (Å²) in [5, 5.41) is 8.82. The Balaban J connectivity index is 0.830. The molecule has 2 saturated heterocycles. The van der Waals surface area contributed by atoms with Crippen LogP contribution in [-0.2, 0) is 21.8 Å². The fraction of sp³-hybridized carbons (Fsp3) is 0.532. The quantitative estimate of drug-likeness (QED) is 0.116. The van der Waals surface area contributed by atoms with Crippen LogP contribution in [0, 0.1) is 0 Å². The largest absolute Gasteiger partial charge is 0.491 e. The lowest BCUT2D eigenvalue weighted by Gasteiger charge is -2.37. The van der Waals surface area contributed by atoms with Crippen molar-refractivity contribution in [2.75, 3.05) is 49.2 Å². The van der Waals surface area contributed by atoms with Gasteiger partial charge in [-0.25, -0.2) is 23.7 Å². The summed E-state index contributed by atoms with van der Waals surface area (Å²) in [5.74, 6) is 1.00. The molecule has 3 aromatic carbocycles. The van der Waals surface area contributed by atoms with E-state index in [0.717, 1.165) is 55.3 Å². The van der Waals surface area contributed by atoms with Crippen molar-refractivity contribution in [2.45, 2.75) is 121 Å². The number of piperazine rings is 1. The van der Waals surface area contributed by atoms with Crippen LogP contribution in [0.25, 0.3) is 5.69 Å². The summed E-state index contributed by atoms with van der Waals surface area (Å²) in [6.45, 7) is 8.98. The van der Waals surface area contributed by atoms with Gasteiger partial charge in [0.2, 0.25) is 5.79 Å². The maximum absolute atomic E-state index is 12.9. The maximum atomic E-state index is 12.9. The second-order valence-corrected chi connectivity index (χ2v) is 17.2.